The van der Waals surface area contributed by atoms with Gasteiger partial charge in [-0.25, -0.2) is 0 Å². The number of carbonyl (C=O) groups is 2. The number of benzene rings is 1. The number of H-pyrrole nitrogens is 1. The van der Waals surface area contributed by atoms with Crippen LogP contribution in [0.25, 0.3) is 11.3 Å². The second-order valence-corrected chi connectivity index (χ2v) is 7.39. The van der Waals surface area contributed by atoms with Gasteiger partial charge in [-0.2, -0.15) is 0 Å². The Morgan fingerprint density at radius 3 is 2.71 bits per heavy atom. The summed E-state index contributed by atoms with van der Waals surface area (Å²) in [5.41, 5.74) is 2.51. The highest BCUT2D eigenvalue weighted by molar-refractivity contribution is 6.13. The Morgan fingerprint density at radius 2 is 1.97 bits per heavy atom. The molecule has 0 atom stereocenters. The molecule has 162 valence electrons. The average molecular weight is 422 g/mol. The molecule has 0 unspecified atom stereocenters. The number of hydrogen-bond acceptors (Lipinski definition) is 6. The molecule has 0 saturated carbocycles. The van der Waals surface area contributed by atoms with Gasteiger partial charge in [-0.05, 0) is 6.07 Å². The Balaban J connectivity index is 1.46. The fourth-order valence-electron chi connectivity index (χ4n) is 3.64. The minimum atomic E-state index is -0.239. The monoisotopic (exact) mass is 422 g/mol. The largest absolute Gasteiger partial charge is 0.379 e. The van der Waals surface area contributed by atoms with Crippen LogP contribution in [0.4, 0.5) is 0 Å². The lowest BCUT2D eigenvalue weighted by atomic mass is 9.98. The maximum atomic E-state index is 13.3. The number of aromatic amines is 1. The van der Waals surface area contributed by atoms with Gasteiger partial charge in [0.05, 0.1) is 18.8 Å². The van der Waals surface area contributed by atoms with E-state index in [0.29, 0.717) is 41.2 Å². The van der Waals surface area contributed by atoms with Gasteiger partial charge in [0.1, 0.15) is 17.1 Å². The lowest BCUT2D eigenvalue weighted by molar-refractivity contribution is 0.0383. The highest BCUT2D eigenvalue weighted by atomic mass is 16.5. The molecule has 1 aliphatic heterocycles. The SMILES string of the molecule is CCc1onc(-c2ccccc2)c1C(=O)c1c[nH]c(C(=O)NCCN2CCOCC2)c1. The van der Waals surface area contributed by atoms with Crippen LogP contribution in [-0.2, 0) is 11.2 Å². The second-order valence-electron chi connectivity index (χ2n) is 7.39. The molecule has 8 nitrogen and oxygen atoms in total. The van der Waals surface area contributed by atoms with E-state index in [1.54, 1.807) is 12.3 Å². The molecular formula is C23H26N4O4. The van der Waals surface area contributed by atoms with Crippen LogP contribution in [-0.4, -0.2) is 66.1 Å². The maximum Gasteiger partial charge on any atom is 0.267 e. The number of ether oxygens (including phenoxy) is 1. The number of morpholine rings is 1. The predicted molar refractivity (Wildman–Crippen MR) is 115 cm³/mol. The van der Waals surface area contributed by atoms with Crippen molar-refractivity contribution in [2.24, 2.45) is 0 Å². The summed E-state index contributed by atoms with van der Waals surface area (Å²) in [5.74, 6) is 0.0683. The Kier molecular flexibility index (Phi) is 6.59. The Hall–Kier alpha value is -3.23. The number of nitrogens with zero attached hydrogens (tertiary/aromatic N) is 2. The van der Waals surface area contributed by atoms with Crippen LogP contribution < -0.4 is 5.32 Å². The van der Waals surface area contributed by atoms with Gasteiger partial charge in [0.15, 0.2) is 5.78 Å². The summed E-state index contributed by atoms with van der Waals surface area (Å²) in [6.45, 7) is 6.41. The molecular weight excluding hydrogens is 396 g/mol. The second kappa shape index (κ2) is 9.72. The Bertz CT molecular complexity index is 1040. The number of aryl methyl sites for hydroxylation is 1. The van der Waals surface area contributed by atoms with E-state index in [4.69, 9.17) is 9.26 Å². The molecule has 1 aromatic carbocycles. The van der Waals surface area contributed by atoms with E-state index < -0.39 is 0 Å². The van der Waals surface area contributed by atoms with Crippen LogP contribution in [0, 0.1) is 0 Å². The van der Waals surface area contributed by atoms with Crippen molar-refractivity contribution in [1.82, 2.24) is 20.4 Å². The number of nitrogens with one attached hydrogen (secondary N) is 2. The molecule has 31 heavy (non-hydrogen) atoms. The molecule has 2 N–H and O–H groups in total. The molecule has 2 aromatic heterocycles. The van der Waals surface area contributed by atoms with Gasteiger partial charge in [0.2, 0.25) is 0 Å². The Morgan fingerprint density at radius 1 is 1.19 bits per heavy atom. The summed E-state index contributed by atoms with van der Waals surface area (Å²) in [4.78, 5) is 30.9. The molecule has 3 aromatic rings. The van der Waals surface area contributed by atoms with E-state index in [1.165, 1.54) is 0 Å². The highest BCUT2D eigenvalue weighted by Gasteiger charge is 2.25. The highest BCUT2D eigenvalue weighted by Crippen LogP contribution is 2.28. The zero-order chi connectivity index (χ0) is 21.6. The number of ketones is 1. The van der Waals surface area contributed by atoms with Crippen molar-refractivity contribution >= 4 is 11.7 Å². The van der Waals surface area contributed by atoms with Crippen molar-refractivity contribution in [3.63, 3.8) is 0 Å². The zero-order valence-electron chi connectivity index (χ0n) is 17.5. The standard InChI is InChI=1S/C23H26N4O4/c1-2-19-20(21(26-31-19)16-6-4-3-5-7-16)22(28)17-14-18(25-15-17)23(29)24-8-9-27-10-12-30-13-11-27/h3-7,14-15,25H,2,8-13H2,1H3,(H,24,29). The van der Waals surface area contributed by atoms with Crippen molar-refractivity contribution in [1.29, 1.82) is 0 Å². The molecule has 3 heterocycles. The number of aromatic nitrogens is 2. The molecule has 1 fully saturated rings. The number of rotatable bonds is 8. The van der Waals surface area contributed by atoms with E-state index in [9.17, 15) is 9.59 Å². The number of carbonyl (C=O) groups excluding carboxylic acids is 2. The summed E-state index contributed by atoms with van der Waals surface area (Å²) in [5, 5.41) is 7.03. The van der Waals surface area contributed by atoms with Crippen LogP contribution in [0.15, 0.2) is 47.1 Å². The third-order valence-electron chi connectivity index (χ3n) is 5.37. The normalized spacial score (nSPS) is 14.5. The molecule has 1 aliphatic rings. The Labute approximate surface area is 180 Å². The molecule has 0 aliphatic carbocycles. The summed E-state index contributed by atoms with van der Waals surface area (Å²) in [6.07, 6.45) is 2.10. The number of amides is 1. The molecule has 4 rings (SSSR count). The fraction of sp³-hybridized carbons (Fsp3) is 0.348. The third kappa shape index (κ3) is 4.76. The van der Waals surface area contributed by atoms with Crippen molar-refractivity contribution < 1.29 is 18.8 Å². The lowest BCUT2D eigenvalue weighted by Gasteiger charge is -2.26. The minimum absolute atomic E-state index is 0.222. The van der Waals surface area contributed by atoms with Gasteiger partial charge in [0.25, 0.3) is 5.91 Å². The summed E-state index contributed by atoms with van der Waals surface area (Å²) < 4.78 is 10.8. The molecule has 8 heteroatoms. The van der Waals surface area contributed by atoms with Crippen molar-refractivity contribution in [2.45, 2.75) is 13.3 Å². The zero-order valence-corrected chi connectivity index (χ0v) is 17.5. The predicted octanol–water partition coefficient (Wildman–Crippen LogP) is 2.53. The van der Waals surface area contributed by atoms with Crippen LogP contribution in [0.5, 0.6) is 0 Å². The first kappa shape index (κ1) is 21.0. The van der Waals surface area contributed by atoms with Crippen LogP contribution >= 0.6 is 0 Å². The maximum absolute atomic E-state index is 13.3. The summed E-state index contributed by atoms with van der Waals surface area (Å²) in [7, 11) is 0. The van der Waals surface area contributed by atoms with E-state index in [-0.39, 0.29) is 11.7 Å². The molecule has 0 bridgehead atoms. The first-order chi connectivity index (χ1) is 15.2. The van der Waals surface area contributed by atoms with Gasteiger partial charge in [-0.15, -0.1) is 0 Å². The van der Waals surface area contributed by atoms with Gasteiger partial charge < -0.3 is 19.6 Å². The summed E-state index contributed by atoms with van der Waals surface area (Å²) >= 11 is 0. The van der Waals surface area contributed by atoms with E-state index >= 15 is 0 Å². The quantitative estimate of drug-likeness (QED) is 0.541. The molecule has 1 saturated heterocycles. The lowest BCUT2D eigenvalue weighted by Crippen LogP contribution is -2.41. The summed E-state index contributed by atoms with van der Waals surface area (Å²) in [6, 6.07) is 11.0. The third-order valence-corrected chi connectivity index (χ3v) is 5.37. The topological polar surface area (TPSA) is 100 Å². The van der Waals surface area contributed by atoms with Gasteiger partial charge in [-0.3, -0.25) is 14.5 Å². The van der Waals surface area contributed by atoms with E-state index in [1.807, 2.05) is 37.3 Å². The van der Waals surface area contributed by atoms with Crippen LogP contribution in [0.2, 0.25) is 0 Å². The van der Waals surface area contributed by atoms with Crippen LogP contribution in [0.1, 0.15) is 39.1 Å². The minimum Gasteiger partial charge on any atom is -0.379 e. The van der Waals surface area contributed by atoms with Gasteiger partial charge >= 0.3 is 0 Å². The van der Waals surface area contributed by atoms with E-state index in [2.05, 4.69) is 20.4 Å². The van der Waals surface area contributed by atoms with E-state index in [0.717, 1.165) is 38.4 Å². The van der Waals surface area contributed by atoms with Gasteiger partial charge in [-0.1, -0.05) is 42.4 Å². The fourth-order valence-corrected chi connectivity index (χ4v) is 3.64. The van der Waals surface area contributed by atoms with Crippen LogP contribution in [0.3, 0.4) is 0 Å². The van der Waals surface area contributed by atoms with Crippen molar-refractivity contribution in [3.8, 4) is 11.3 Å². The first-order valence-corrected chi connectivity index (χ1v) is 10.5. The first-order valence-electron chi connectivity index (χ1n) is 10.5. The van der Waals surface area contributed by atoms with Crippen molar-refractivity contribution in [2.75, 3.05) is 39.4 Å². The number of hydrogen-bond donors (Lipinski definition) is 2. The average Bonchev–Trinajstić information content (AvgIpc) is 3.47. The smallest absolute Gasteiger partial charge is 0.267 e. The molecule has 0 radical (unpaired) electrons. The molecule has 0 spiro atoms. The van der Waals surface area contributed by atoms with Gasteiger partial charge in [0, 0.05) is 49.9 Å². The van der Waals surface area contributed by atoms with Crippen molar-refractivity contribution in [3.05, 3.63) is 65.2 Å². The molecule has 1 amide bonds.